The molecule has 1 aliphatic heterocycles. The maximum absolute atomic E-state index is 12.2. The first kappa shape index (κ1) is 10.8. The Morgan fingerprint density at radius 3 is 1.85 bits per heavy atom. The van der Waals surface area contributed by atoms with E-state index in [1.807, 2.05) is 0 Å². The lowest BCUT2D eigenvalue weighted by atomic mass is 10.0. The summed E-state index contributed by atoms with van der Waals surface area (Å²) in [5.41, 5.74) is 0. The number of hydrogen-bond acceptors (Lipinski definition) is 3. The fourth-order valence-electron chi connectivity index (χ4n) is 1.33. The van der Waals surface area contributed by atoms with Gasteiger partial charge in [0.25, 0.3) is 10.1 Å². The Kier molecular flexibility index (Phi) is 2.36. The van der Waals surface area contributed by atoms with Crippen molar-refractivity contribution < 1.29 is 25.8 Å². The van der Waals surface area contributed by atoms with Crippen LogP contribution in [-0.2, 0) is 14.3 Å². The van der Waals surface area contributed by atoms with Crippen molar-refractivity contribution in [2.45, 2.75) is 31.4 Å². The Morgan fingerprint density at radius 1 is 1.23 bits per heavy atom. The molecule has 0 bridgehead atoms. The molecule has 0 N–H and O–H groups in total. The van der Waals surface area contributed by atoms with Crippen LogP contribution in [0.2, 0.25) is 0 Å². The van der Waals surface area contributed by atoms with Gasteiger partial charge in [-0.3, -0.25) is 4.18 Å². The van der Waals surface area contributed by atoms with E-state index in [1.54, 1.807) is 0 Å². The molecule has 13 heavy (non-hydrogen) atoms. The van der Waals surface area contributed by atoms with Crippen molar-refractivity contribution in [1.82, 2.24) is 0 Å². The second-order valence-electron chi connectivity index (χ2n) is 3.12. The number of halogens is 3. The van der Waals surface area contributed by atoms with Gasteiger partial charge in [0.15, 0.2) is 5.25 Å². The molecule has 0 saturated carbocycles. The molecule has 0 aliphatic carbocycles. The molecule has 0 amide bonds. The molecule has 1 aliphatic rings. The first-order valence-corrected chi connectivity index (χ1v) is 5.12. The lowest BCUT2D eigenvalue weighted by molar-refractivity contribution is -0.138. The van der Waals surface area contributed by atoms with Crippen LogP contribution in [0, 0.1) is 5.92 Å². The van der Waals surface area contributed by atoms with Gasteiger partial charge in [-0.1, -0.05) is 6.92 Å². The highest BCUT2D eigenvalue weighted by molar-refractivity contribution is 7.87. The van der Waals surface area contributed by atoms with Crippen LogP contribution >= 0.6 is 0 Å². The first-order chi connectivity index (χ1) is 5.66. The van der Waals surface area contributed by atoms with Gasteiger partial charge in [0.2, 0.25) is 0 Å². The Hall–Kier alpha value is -0.300. The molecule has 0 aromatic rings. The van der Waals surface area contributed by atoms with Crippen LogP contribution in [0.3, 0.4) is 0 Å². The third-order valence-electron chi connectivity index (χ3n) is 2.14. The van der Waals surface area contributed by atoms with E-state index in [0.29, 0.717) is 0 Å². The number of rotatable bonds is 0. The molecule has 1 rings (SSSR count). The van der Waals surface area contributed by atoms with Crippen molar-refractivity contribution in [3.63, 3.8) is 0 Å². The summed E-state index contributed by atoms with van der Waals surface area (Å²) < 4.78 is 62.7. The zero-order valence-electron chi connectivity index (χ0n) is 7.00. The zero-order chi connectivity index (χ0) is 10.4. The third-order valence-corrected chi connectivity index (χ3v) is 4.03. The lowest BCUT2D eigenvalue weighted by Crippen LogP contribution is -2.37. The maximum atomic E-state index is 12.2. The molecule has 1 fully saturated rings. The predicted octanol–water partition coefficient (Wildman–Crippen LogP) is 1.30. The second-order valence-corrected chi connectivity index (χ2v) is 4.80. The van der Waals surface area contributed by atoms with Gasteiger partial charge >= 0.3 is 6.18 Å². The SMILES string of the molecule is CC1OS(=O)(=O)C(C(F)(F)F)C1C. The van der Waals surface area contributed by atoms with Crippen LogP contribution in [0.15, 0.2) is 0 Å². The maximum Gasteiger partial charge on any atom is 0.408 e. The molecule has 0 aromatic carbocycles. The van der Waals surface area contributed by atoms with Gasteiger partial charge < -0.3 is 0 Å². The summed E-state index contributed by atoms with van der Waals surface area (Å²) in [6.07, 6.45) is -5.65. The predicted molar refractivity (Wildman–Crippen MR) is 38.5 cm³/mol. The molecule has 1 saturated heterocycles. The summed E-state index contributed by atoms with van der Waals surface area (Å²) in [4.78, 5) is 0. The summed E-state index contributed by atoms with van der Waals surface area (Å²) in [7, 11) is -4.47. The lowest BCUT2D eigenvalue weighted by Gasteiger charge is -2.16. The van der Waals surface area contributed by atoms with E-state index in [1.165, 1.54) is 13.8 Å². The summed E-state index contributed by atoms with van der Waals surface area (Å²) in [6, 6.07) is 0. The molecular formula is C6H9F3O3S. The topological polar surface area (TPSA) is 43.4 Å². The van der Waals surface area contributed by atoms with E-state index in [2.05, 4.69) is 4.18 Å². The quantitative estimate of drug-likeness (QED) is 0.575. The van der Waals surface area contributed by atoms with Crippen molar-refractivity contribution in [1.29, 1.82) is 0 Å². The van der Waals surface area contributed by atoms with Crippen LogP contribution in [0.5, 0.6) is 0 Å². The Bertz CT molecular complexity index is 295. The van der Waals surface area contributed by atoms with E-state index >= 15 is 0 Å². The Morgan fingerprint density at radius 2 is 1.69 bits per heavy atom. The Balaban J connectivity index is 3.09. The van der Waals surface area contributed by atoms with Crippen LogP contribution in [0.1, 0.15) is 13.8 Å². The van der Waals surface area contributed by atoms with Gasteiger partial charge in [0.05, 0.1) is 6.10 Å². The highest BCUT2D eigenvalue weighted by atomic mass is 32.2. The summed E-state index contributed by atoms with van der Waals surface area (Å²) in [6.45, 7) is 2.53. The van der Waals surface area contributed by atoms with Gasteiger partial charge in [0.1, 0.15) is 0 Å². The molecule has 0 aromatic heterocycles. The molecule has 1 heterocycles. The molecule has 7 heteroatoms. The van der Waals surface area contributed by atoms with Gasteiger partial charge in [-0.25, -0.2) is 0 Å². The molecule has 3 nitrogen and oxygen atoms in total. The monoisotopic (exact) mass is 218 g/mol. The standard InChI is InChI=1S/C6H9F3O3S/c1-3-4(2)12-13(10,11)5(3)6(7,8)9/h3-5H,1-2H3. The molecule has 3 unspecified atom stereocenters. The summed E-state index contributed by atoms with van der Waals surface area (Å²) >= 11 is 0. The van der Waals surface area contributed by atoms with E-state index in [9.17, 15) is 21.6 Å². The average Bonchev–Trinajstić information content (AvgIpc) is 1.99. The minimum atomic E-state index is -4.75. The van der Waals surface area contributed by atoms with Crippen molar-refractivity contribution in [2.75, 3.05) is 0 Å². The largest absolute Gasteiger partial charge is 0.408 e. The minimum Gasteiger partial charge on any atom is -0.266 e. The highest BCUT2D eigenvalue weighted by Crippen LogP contribution is 2.40. The summed E-state index contributed by atoms with van der Waals surface area (Å²) in [5, 5.41) is -2.38. The number of hydrogen-bond donors (Lipinski definition) is 0. The zero-order valence-corrected chi connectivity index (χ0v) is 7.82. The van der Waals surface area contributed by atoms with Crippen LogP contribution in [0.4, 0.5) is 13.2 Å². The van der Waals surface area contributed by atoms with E-state index in [0.717, 1.165) is 0 Å². The van der Waals surface area contributed by atoms with Crippen LogP contribution in [0.25, 0.3) is 0 Å². The van der Waals surface area contributed by atoms with Crippen molar-refractivity contribution >= 4 is 10.1 Å². The third kappa shape index (κ3) is 1.80. The fourth-order valence-corrected chi connectivity index (χ4v) is 3.12. The summed E-state index contributed by atoms with van der Waals surface area (Å²) in [5.74, 6) is -1.05. The van der Waals surface area contributed by atoms with Crippen molar-refractivity contribution in [2.24, 2.45) is 5.92 Å². The fraction of sp³-hybridized carbons (Fsp3) is 1.00. The molecule has 78 valence electrons. The van der Waals surface area contributed by atoms with E-state index in [-0.39, 0.29) is 0 Å². The molecule has 3 atom stereocenters. The Labute approximate surface area is 74.0 Å². The number of alkyl halides is 3. The van der Waals surface area contributed by atoms with Gasteiger partial charge in [0, 0.05) is 5.92 Å². The van der Waals surface area contributed by atoms with Crippen molar-refractivity contribution in [3.05, 3.63) is 0 Å². The van der Waals surface area contributed by atoms with Gasteiger partial charge in [-0.15, -0.1) is 0 Å². The van der Waals surface area contributed by atoms with Gasteiger partial charge in [-0.2, -0.15) is 21.6 Å². The van der Waals surface area contributed by atoms with Gasteiger partial charge in [-0.05, 0) is 6.92 Å². The normalized spacial score (nSPS) is 39.3. The van der Waals surface area contributed by atoms with Crippen LogP contribution in [-0.4, -0.2) is 25.9 Å². The minimum absolute atomic E-state index is 0.906. The average molecular weight is 218 g/mol. The molecule has 0 radical (unpaired) electrons. The highest BCUT2D eigenvalue weighted by Gasteiger charge is 2.58. The van der Waals surface area contributed by atoms with E-state index in [4.69, 9.17) is 0 Å². The van der Waals surface area contributed by atoms with E-state index < -0.39 is 33.6 Å². The van der Waals surface area contributed by atoms with Crippen LogP contribution < -0.4 is 0 Å². The molecule has 0 spiro atoms. The molecular weight excluding hydrogens is 209 g/mol. The first-order valence-electron chi connectivity index (χ1n) is 3.65. The smallest absolute Gasteiger partial charge is 0.266 e. The second kappa shape index (κ2) is 2.84. The van der Waals surface area contributed by atoms with Crippen molar-refractivity contribution in [3.8, 4) is 0 Å².